The number of carbonyl (C=O) groups excluding carboxylic acids is 2. The summed E-state index contributed by atoms with van der Waals surface area (Å²) in [5.74, 6) is -0.0526. The summed E-state index contributed by atoms with van der Waals surface area (Å²) in [6, 6.07) is 7.12. The molecule has 0 saturated heterocycles. The first-order valence-electron chi connectivity index (χ1n) is 7.84. The first kappa shape index (κ1) is 18.5. The number of furan rings is 1. The number of carbonyl (C=O) groups is 2. The van der Waals surface area contributed by atoms with Crippen LogP contribution in [0.3, 0.4) is 0 Å². The standard InChI is InChI=1S/C18H14ClFN4O3/c1-11(25)16-6-5-14(27-16)10-24-21-9-17(23-24)22-18(26)7-3-12-2-4-13(20)8-15(12)19/h2-9H,10H2,1H3,(H,22,23,26)/b7-3+. The van der Waals surface area contributed by atoms with Crippen LogP contribution in [0.5, 0.6) is 0 Å². The first-order valence-corrected chi connectivity index (χ1v) is 8.22. The minimum absolute atomic E-state index is 0.171. The molecular formula is C18H14ClFN4O3. The number of benzene rings is 1. The van der Waals surface area contributed by atoms with E-state index in [0.29, 0.717) is 11.3 Å². The number of nitrogens with one attached hydrogen (secondary N) is 1. The third kappa shape index (κ3) is 4.89. The molecule has 3 rings (SSSR count). The number of hydrogen-bond acceptors (Lipinski definition) is 5. The number of Topliss-reactive ketones (excluding diaryl/α,β-unsaturated/α-hetero) is 1. The summed E-state index contributed by atoms with van der Waals surface area (Å²) < 4.78 is 18.4. The van der Waals surface area contributed by atoms with Crippen LogP contribution < -0.4 is 5.32 Å². The molecule has 0 bridgehead atoms. The summed E-state index contributed by atoms with van der Waals surface area (Å²) >= 11 is 5.90. The molecule has 27 heavy (non-hydrogen) atoms. The predicted octanol–water partition coefficient (Wildman–Crippen LogP) is 3.57. The molecule has 2 aromatic heterocycles. The maximum atomic E-state index is 13.0. The van der Waals surface area contributed by atoms with Gasteiger partial charge in [0.15, 0.2) is 17.4 Å². The molecule has 9 heteroatoms. The van der Waals surface area contributed by atoms with Crippen molar-refractivity contribution >= 4 is 35.2 Å². The number of amides is 1. The normalized spacial score (nSPS) is 11.1. The van der Waals surface area contributed by atoms with E-state index in [1.54, 1.807) is 12.1 Å². The molecule has 7 nitrogen and oxygen atoms in total. The van der Waals surface area contributed by atoms with Crippen molar-refractivity contribution in [3.63, 3.8) is 0 Å². The van der Waals surface area contributed by atoms with Gasteiger partial charge in [-0.25, -0.2) is 4.39 Å². The molecule has 1 aromatic carbocycles. The largest absolute Gasteiger partial charge is 0.456 e. The van der Waals surface area contributed by atoms with E-state index in [2.05, 4.69) is 15.5 Å². The van der Waals surface area contributed by atoms with Crippen molar-refractivity contribution < 1.29 is 18.4 Å². The molecule has 1 amide bonds. The molecule has 3 aromatic rings. The number of anilines is 1. The average Bonchev–Trinajstić information content (AvgIpc) is 3.24. The minimum Gasteiger partial charge on any atom is -0.456 e. The van der Waals surface area contributed by atoms with E-state index in [4.69, 9.17) is 16.0 Å². The Balaban J connectivity index is 1.60. The number of aromatic nitrogens is 3. The highest BCUT2D eigenvalue weighted by Crippen LogP contribution is 2.18. The number of halogens is 2. The number of nitrogens with zero attached hydrogens (tertiary/aromatic N) is 3. The van der Waals surface area contributed by atoms with Crippen LogP contribution in [0.1, 0.15) is 28.8 Å². The molecule has 1 N–H and O–H groups in total. The first-order chi connectivity index (χ1) is 12.9. The monoisotopic (exact) mass is 388 g/mol. The Kier molecular flexibility index (Phi) is 5.46. The molecule has 0 aliphatic rings. The second-order valence-electron chi connectivity index (χ2n) is 5.57. The molecule has 0 fully saturated rings. The van der Waals surface area contributed by atoms with Crippen LogP contribution in [-0.2, 0) is 11.3 Å². The van der Waals surface area contributed by atoms with Crippen LogP contribution in [0.2, 0.25) is 5.02 Å². The molecule has 2 heterocycles. The van der Waals surface area contributed by atoms with Gasteiger partial charge in [-0.2, -0.15) is 9.90 Å². The van der Waals surface area contributed by atoms with Crippen LogP contribution in [0.25, 0.3) is 6.08 Å². The van der Waals surface area contributed by atoms with Gasteiger partial charge >= 0.3 is 0 Å². The summed E-state index contributed by atoms with van der Waals surface area (Å²) in [5.41, 5.74) is 0.510. The smallest absolute Gasteiger partial charge is 0.249 e. The summed E-state index contributed by atoms with van der Waals surface area (Å²) in [4.78, 5) is 24.5. The Labute approximate surface area is 158 Å². The van der Waals surface area contributed by atoms with Gasteiger partial charge in [0, 0.05) is 13.0 Å². The van der Waals surface area contributed by atoms with Gasteiger partial charge in [0.05, 0.1) is 11.2 Å². The molecule has 0 aliphatic carbocycles. The van der Waals surface area contributed by atoms with Crippen LogP contribution in [-0.4, -0.2) is 26.7 Å². The molecule has 0 unspecified atom stereocenters. The van der Waals surface area contributed by atoms with Crippen LogP contribution in [0.4, 0.5) is 10.2 Å². The lowest BCUT2D eigenvalue weighted by Crippen LogP contribution is -2.09. The van der Waals surface area contributed by atoms with Gasteiger partial charge in [-0.1, -0.05) is 17.7 Å². The van der Waals surface area contributed by atoms with E-state index >= 15 is 0 Å². The van der Waals surface area contributed by atoms with Crippen molar-refractivity contribution in [3.8, 4) is 0 Å². The summed E-state index contributed by atoms with van der Waals surface area (Å²) in [6.07, 6.45) is 4.10. The molecule has 138 valence electrons. The lowest BCUT2D eigenvalue weighted by molar-refractivity contribution is -0.111. The van der Waals surface area contributed by atoms with Gasteiger partial charge in [0.25, 0.3) is 0 Å². The Morgan fingerprint density at radius 1 is 1.33 bits per heavy atom. The number of rotatable bonds is 6. The molecular weight excluding hydrogens is 375 g/mol. The maximum Gasteiger partial charge on any atom is 0.249 e. The third-order valence-corrected chi connectivity index (χ3v) is 3.80. The fourth-order valence-electron chi connectivity index (χ4n) is 2.19. The highest BCUT2D eigenvalue weighted by Gasteiger charge is 2.09. The second kappa shape index (κ2) is 7.96. The molecule has 0 radical (unpaired) electrons. The van der Waals surface area contributed by atoms with Crippen LogP contribution in [0.15, 0.2) is 47.0 Å². The zero-order valence-corrected chi connectivity index (χ0v) is 14.9. The fraction of sp³-hybridized carbons (Fsp3) is 0.111. The zero-order chi connectivity index (χ0) is 19.4. The van der Waals surface area contributed by atoms with Crippen molar-refractivity contribution in [1.82, 2.24) is 15.0 Å². The van der Waals surface area contributed by atoms with E-state index in [9.17, 15) is 14.0 Å². The van der Waals surface area contributed by atoms with Crippen molar-refractivity contribution in [2.75, 3.05) is 5.32 Å². The molecule has 0 atom stereocenters. The molecule has 0 spiro atoms. The topological polar surface area (TPSA) is 90.0 Å². The average molecular weight is 389 g/mol. The maximum absolute atomic E-state index is 13.0. The zero-order valence-electron chi connectivity index (χ0n) is 14.1. The van der Waals surface area contributed by atoms with Gasteiger partial charge in [-0.15, -0.1) is 5.10 Å². The molecule has 0 saturated carbocycles. The molecule has 0 aliphatic heterocycles. The summed E-state index contributed by atoms with van der Waals surface area (Å²) in [6.45, 7) is 1.62. The van der Waals surface area contributed by atoms with Crippen molar-refractivity contribution in [3.05, 3.63) is 70.5 Å². The van der Waals surface area contributed by atoms with Crippen LogP contribution >= 0.6 is 11.6 Å². The van der Waals surface area contributed by atoms with Crippen molar-refractivity contribution in [2.45, 2.75) is 13.5 Å². The SMILES string of the molecule is CC(=O)c1ccc(Cn2ncc(NC(=O)/C=C/c3ccc(F)cc3Cl)n2)o1. The van der Waals surface area contributed by atoms with Gasteiger partial charge in [0.1, 0.15) is 18.1 Å². The summed E-state index contributed by atoms with van der Waals surface area (Å²) in [7, 11) is 0. The van der Waals surface area contributed by atoms with E-state index in [-0.39, 0.29) is 28.9 Å². The van der Waals surface area contributed by atoms with E-state index in [1.807, 2.05) is 0 Å². The van der Waals surface area contributed by atoms with Gasteiger partial charge in [-0.3, -0.25) is 9.59 Å². The van der Waals surface area contributed by atoms with Crippen molar-refractivity contribution in [1.29, 1.82) is 0 Å². The van der Waals surface area contributed by atoms with Gasteiger partial charge in [-0.05, 0) is 35.9 Å². The lowest BCUT2D eigenvalue weighted by atomic mass is 10.2. The Bertz CT molecular complexity index is 1030. The van der Waals surface area contributed by atoms with Gasteiger partial charge < -0.3 is 9.73 Å². The Morgan fingerprint density at radius 3 is 2.85 bits per heavy atom. The van der Waals surface area contributed by atoms with E-state index in [1.165, 1.54) is 42.2 Å². The number of hydrogen-bond donors (Lipinski definition) is 1. The van der Waals surface area contributed by atoms with Crippen molar-refractivity contribution in [2.24, 2.45) is 0 Å². The fourth-order valence-corrected chi connectivity index (χ4v) is 2.42. The minimum atomic E-state index is -0.454. The van der Waals surface area contributed by atoms with E-state index < -0.39 is 11.7 Å². The highest BCUT2D eigenvalue weighted by molar-refractivity contribution is 6.32. The van der Waals surface area contributed by atoms with Gasteiger partial charge in [0.2, 0.25) is 5.91 Å². The van der Waals surface area contributed by atoms with E-state index in [0.717, 1.165) is 6.07 Å². The Morgan fingerprint density at radius 2 is 2.15 bits per heavy atom. The quantitative estimate of drug-likeness (QED) is 0.515. The van der Waals surface area contributed by atoms with Crippen LogP contribution in [0, 0.1) is 5.82 Å². The predicted molar refractivity (Wildman–Crippen MR) is 96.9 cm³/mol. The second-order valence-corrected chi connectivity index (χ2v) is 5.98. The summed E-state index contributed by atoms with van der Waals surface area (Å²) in [5, 5.41) is 10.9. The lowest BCUT2D eigenvalue weighted by Gasteiger charge is -1.99. The highest BCUT2D eigenvalue weighted by atomic mass is 35.5. The number of ketones is 1. The Hall–Kier alpha value is -3.26. The third-order valence-electron chi connectivity index (χ3n) is 3.47.